The summed E-state index contributed by atoms with van der Waals surface area (Å²) < 4.78 is 0. The number of anilines is 1. The number of thiazole rings is 1. The fraction of sp³-hybridized carbons (Fsp3) is 0.250. The molecule has 0 saturated carbocycles. The minimum Gasteiger partial charge on any atom is -0.368 e. The highest BCUT2D eigenvalue weighted by molar-refractivity contribution is 7.13. The van der Waals surface area contributed by atoms with Gasteiger partial charge in [-0.1, -0.05) is 17.7 Å². The van der Waals surface area contributed by atoms with E-state index in [1.54, 1.807) is 23.7 Å². The number of piperazine rings is 1. The third-order valence-corrected chi connectivity index (χ3v) is 5.77. The average Bonchev–Trinajstić information content (AvgIpc) is 3.17. The molecule has 3 heterocycles. The first-order valence-electron chi connectivity index (χ1n) is 8.82. The van der Waals surface area contributed by atoms with Crippen molar-refractivity contribution in [1.29, 1.82) is 0 Å². The van der Waals surface area contributed by atoms with Gasteiger partial charge in [-0.25, -0.2) is 4.98 Å². The Labute approximate surface area is 167 Å². The molecule has 3 aromatic rings. The second-order valence-electron chi connectivity index (χ2n) is 6.41. The lowest BCUT2D eigenvalue weighted by atomic mass is 10.2. The Bertz CT molecular complexity index is 922. The van der Waals surface area contributed by atoms with Crippen LogP contribution in [0.1, 0.15) is 5.69 Å². The van der Waals surface area contributed by atoms with Gasteiger partial charge in [-0.05, 0) is 30.3 Å². The number of hydrogen-bond donors (Lipinski definition) is 0. The van der Waals surface area contributed by atoms with E-state index in [1.165, 1.54) is 0 Å². The van der Waals surface area contributed by atoms with Crippen LogP contribution in [0.4, 0.5) is 5.69 Å². The molecule has 0 bridgehead atoms. The molecular formula is C20H19ClN4OS. The van der Waals surface area contributed by atoms with Gasteiger partial charge in [0.25, 0.3) is 0 Å². The molecule has 138 valence electrons. The molecule has 1 fully saturated rings. The standard InChI is InChI=1S/C20H19ClN4OS/c21-16-4-1-5-18(11-16)24-7-9-25(10-8-24)19(26)12-17-14-27-20(23-17)15-3-2-6-22-13-15/h1-6,11,13-14H,7-10,12H2. The molecule has 0 aliphatic carbocycles. The molecule has 0 N–H and O–H groups in total. The minimum atomic E-state index is 0.129. The fourth-order valence-corrected chi connectivity index (χ4v) is 4.16. The average molecular weight is 399 g/mol. The third-order valence-electron chi connectivity index (χ3n) is 4.60. The van der Waals surface area contributed by atoms with Crippen LogP contribution >= 0.6 is 22.9 Å². The van der Waals surface area contributed by atoms with Crippen LogP contribution in [0.25, 0.3) is 10.6 Å². The summed E-state index contributed by atoms with van der Waals surface area (Å²) >= 11 is 7.63. The van der Waals surface area contributed by atoms with Gasteiger partial charge in [0.1, 0.15) is 5.01 Å². The van der Waals surface area contributed by atoms with Crippen LogP contribution in [-0.4, -0.2) is 47.0 Å². The molecule has 1 aliphatic rings. The number of carbonyl (C=O) groups excluding carboxylic acids is 1. The van der Waals surface area contributed by atoms with Crippen molar-refractivity contribution in [3.8, 4) is 10.6 Å². The van der Waals surface area contributed by atoms with Gasteiger partial charge in [0.15, 0.2) is 0 Å². The van der Waals surface area contributed by atoms with E-state index in [1.807, 2.05) is 40.6 Å². The number of aromatic nitrogens is 2. The summed E-state index contributed by atoms with van der Waals surface area (Å²) in [6.45, 7) is 3.05. The molecule has 0 unspecified atom stereocenters. The zero-order chi connectivity index (χ0) is 18.6. The van der Waals surface area contributed by atoms with Crippen LogP contribution in [0.15, 0.2) is 54.2 Å². The minimum absolute atomic E-state index is 0.129. The van der Waals surface area contributed by atoms with Crippen molar-refractivity contribution in [1.82, 2.24) is 14.9 Å². The molecule has 4 rings (SSSR count). The molecule has 27 heavy (non-hydrogen) atoms. The molecule has 7 heteroatoms. The fourth-order valence-electron chi connectivity index (χ4n) is 3.16. The van der Waals surface area contributed by atoms with E-state index >= 15 is 0 Å². The lowest BCUT2D eigenvalue weighted by Gasteiger charge is -2.36. The lowest BCUT2D eigenvalue weighted by Crippen LogP contribution is -2.49. The first kappa shape index (κ1) is 17.9. The summed E-state index contributed by atoms with van der Waals surface area (Å²) in [6, 6.07) is 11.7. The van der Waals surface area contributed by atoms with Gasteiger partial charge in [0.2, 0.25) is 5.91 Å². The van der Waals surface area contributed by atoms with E-state index < -0.39 is 0 Å². The Balaban J connectivity index is 1.34. The number of benzene rings is 1. The molecule has 1 aromatic carbocycles. The molecule has 1 saturated heterocycles. The SMILES string of the molecule is O=C(Cc1csc(-c2cccnc2)n1)N1CCN(c2cccc(Cl)c2)CC1. The van der Waals surface area contributed by atoms with Crippen molar-refractivity contribution in [2.75, 3.05) is 31.1 Å². The largest absolute Gasteiger partial charge is 0.368 e. The monoisotopic (exact) mass is 398 g/mol. The highest BCUT2D eigenvalue weighted by Crippen LogP contribution is 2.24. The summed E-state index contributed by atoms with van der Waals surface area (Å²) in [5.74, 6) is 0.129. The highest BCUT2D eigenvalue weighted by Gasteiger charge is 2.22. The Morgan fingerprint density at radius 3 is 2.74 bits per heavy atom. The maximum absolute atomic E-state index is 12.6. The predicted octanol–water partition coefficient (Wildman–Crippen LogP) is 3.75. The van der Waals surface area contributed by atoms with Crippen LogP contribution in [0, 0.1) is 0 Å². The van der Waals surface area contributed by atoms with Gasteiger partial charge in [-0.3, -0.25) is 9.78 Å². The summed E-state index contributed by atoms with van der Waals surface area (Å²) in [5, 5.41) is 3.60. The lowest BCUT2D eigenvalue weighted by molar-refractivity contribution is -0.130. The smallest absolute Gasteiger partial charge is 0.228 e. The van der Waals surface area contributed by atoms with Crippen LogP contribution < -0.4 is 4.90 Å². The number of amides is 1. The Kier molecular flexibility index (Phi) is 5.36. The van der Waals surface area contributed by atoms with Gasteiger partial charge in [-0.2, -0.15) is 0 Å². The second-order valence-corrected chi connectivity index (χ2v) is 7.70. The van der Waals surface area contributed by atoms with E-state index in [0.717, 1.165) is 40.1 Å². The van der Waals surface area contributed by atoms with Crippen molar-refractivity contribution in [3.05, 3.63) is 64.9 Å². The summed E-state index contributed by atoms with van der Waals surface area (Å²) in [4.78, 5) is 25.5. The zero-order valence-electron chi connectivity index (χ0n) is 14.7. The number of halogens is 1. The van der Waals surface area contributed by atoms with Crippen molar-refractivity contribution >= 4 is 34.5 Å². The van der Waals surface area contributed by atoms with E-state index in [0.29, 0.717) is 19.5 Å². The Hall–Kier alpha value is -2.44. The predicted molar refractivity (Wildman–Crippen MR) is 109 cm³/mol. The van der Waals surface area contributed by atoms with Gasteiger partial charge in [-0.15, -0.1) is 11.3 Å². The number of carbonyl (C=O) groups is 1. The molecular weight excluding hydrogens is 380 g/mol. The van der Waals surface area contributed by atoms with Gasteiger partial charge >= 0.3 is 0 Å². The molecule has 0 atom stereocenters. The molecule has 1 amide bonds. The van der Waals surface area contributed by atoms with Gasteiger partial charge < -0.3 is 9.80 Å². The van der Waals surface area contributed by atoms with Gasteiger partial charge in [0.05, 0.1) is 12.1 Å². The Morgan fingerprint density at radius 1 is 1.15 bits per heavy atom. The zero-order valence-corrected chi connectivity index (χ0v) is 16.3. The third kappa shape index (κ3) is 4.28. The molecule has 0 radical (unpaired) electrons. The van der Waals surface area contributed by atoms with Crippen LogP contribution in [0.2, 0.25) is 5.02 Å². The van der Waals surface area contributed by atoms with E-state index in [4.69, 9.17) is 11.6 Å². The molecule has 2 aromatic heterocycles. The Morgan fingerprint density at radius 2 is 2.00 bits per heavy atom. The number of rotatable bonds is 4. The summed E-state index contributed by atoms with van der Waals surface area (Å²) in [6.07, 6.45) is 3.87. The van der Waals surface area contributed by atoms with Crippen molar-refractivity contribution in [3.63, 3.8) is 0 Å². The van der Waals surface area contributed by atoms with E-state index in [2.05, 4.69) is 20.9 Å². The first-order valence-corrected chi connectivity index (χ1v) is 10.1. The topological polar surface area (TPSA) is 49.3 Å². The maximum atomic E-state index is 12.6. The summed E-state index contributed by atoms with van der Waals surface area (Å²) in [5.41, 5.74) is 2.91. The highest BCUT2D eigenvalue weighted by atomic mass is 35.5. The van der Waals surface area contributed by atoms with Crippen LogP contribution in [0.5, 0.6) is 0 Å². The number of hydrogen-bond acceptors (Lipinski definition) is 5. The van der Waals surface area contributed by atoms with Crippen molar-refractivity contribution in [2.24, 2.45) is 0 Å². The van der Waals surface area contributed by atoms with Gasteiger partial charge in [0, 0.05) is 60.2 Å². The molecule has 5 nitrogen and oxygen atoms in total. The quantitative estimate of drug-likeness (QED) is 0.671. The van der Waals surface area contributed by atoms with Crippen molar-refractivity contribution < 1.29 is 4.79 Å². The molecule has 1 aliphatic heterocycles. The van der Waals surface area contributed by atoms with E-state index in [-0.39, 0.29) is 5.91 Å². The second kappa shape index (κ2) is 8.06. The summed E-state index contributed by atoms with van der Waals surface area (Å²) in [7, 11) is 0. The van der Waals surface area contributed by atoms with E-state index in [9.17, 15) is 4.79 Å². The number of nitrogens with zero attached hydrogens (tertiary/aromatic N) is 4. The number of pyridine rings is 1. The normalized spacial score (nSPS) is 14.4. The van der Waals surface area contributed by atoms with Crippen molar-refractivity contribution in [2.45, 2.75) is 6.42 Å². The maximum Gasteiger partial charge on any atom is 0.228 e. The van der Waals surface area contributed by atoms with Crippen LogP contribution in [0.3, 0.4) is 0 Å². The first-order chi connectivity index (χ1) is 13.2. The van der Waals surface area contributed by atoms with Crippen LogP contribution in [-0.2, 0) is 11.2 Å². The molecule has 0 spiro atoms.